The first kappa shape index (κ1) is 19.0. The summed E-state index contributed by atoms with van der Waals surface area (Å²) in [6.45, 7) is 13.2. The number of nitrogens with one attached hydrogen (secondary N) is 1. The minimum Gasteiger partial charge on any atom is -0.444 e. The predicted molar refractivity (Wildman–Crippen MR) is 89.1 cm³/mol. The SMILES string of the molecule is C=CCCOCCNCC1CCCCN1C(=O)OC(C)(C)C. The van der Waals surface area contributed by atoms with Crippen LogP contribution in [0.1, 0.15) is 46.5 Å². The maximum absolute atomic E-state index is 12.3. The molecule has 1 atom stereocenters. The van der Waals surface area contributed by atoms with Crippen LogP contribution < -0.4 is 5.32 Å². The maximum Gasteiger partial charge on any atom is 0.410 e. The van der Waals surface area contributed by atoms with Crippen molar-refractivity contribution in [2.24, 2.45) is 0 Å². The summed E-state index contributed by atoms with van der Waals surface area (Å²) in [5.41, 5.74) is -0.439. The van der Waals surface area contributed by atoms with Crippen LogP contribution in [0.15, 0.2) is 12.7 Å². The molecule has 1 amide bonds. The van der Waals surface area contributed by atoms with E-state index in [1.165, 1.54) is 6.42 Å². The van der Waals surface area contributed by atoms with Crippen molar-refractivity contribution in [2.45, 2.75) is 58.1 Å². The van der Waals surface area contributed by atoms with Crippen molar-refractivity contribution >= 4 is 6.09 Å². The van der Waals surface area contributed by atoms with E-state index >= 15 is 0 Å². The van der Waals surface area contributed by atoms with E-state index < -0.39 is 5.60 Å². The van der Waals surface area contributed by atoms with Crippen LogP contribution in [0.5, 0.6) is 0 Å². The molecule has 1 aliphatic rings. The van der Waals surface area contributed by atoms with Gasteiger partial charge < -0.3 is 19.7 Å². The van der Waals surface area contributed by atoms with Gasteiger partial charge in [0.05, 0.1) is 13.2 Å². The normalized spacial score (nSPS) is 19.0. The molecule has 128 valence electrons. The molecule has 1 saturated heterocycles. The highest BCUT2D eigenvalue weighted by atomic mass is 16.6. The van der Waals surface area contributed by atoms with Crippen LogP contribution in [-0.4, -0.2) is 55.5 Å². The highest BCUT2D eigenvalue weighted by Crippen LogP contribution is 2.19. The highest BCUT2D eigenvalue weighted by Gasteiger charge is 2.29. The largest absolute Gasteiger partial charge is 0.444 e. The third-order valence-corrected chi connectivity index (χ3v) is 3.52. The summed E-state index contributed by atoms with van der Waals surface area (Å²) in [4.78, 5) is 14.1. The fourth-order valence-corrected chi connectivity index (χ4v) is 2.46. The fourth-order valence-electron chi connectivity index (χ4n) is 2.46. The van der Waals surface area contributed by atoms with Gasteiger partial charge in [-0.2, -0.15) is 0 Å². The molecule has 1 aliphatic heterocycles. The Kier molecular flexibility index (Phi) is 8.49. The number of nitrogens with zero attached hydrogens (tertiary/aromatic N) is 1. The summed E-state index contributed by atoms with van der Waals surface area (Å²) < 4.78 is 11.0. The summed E-state index contributed by atoms with van der Waals surface area (Å²) in [6, 6.07) is 0.219. The number of carbonyl (C=O) groups excluding carboxylic acids is 1. The lowest BCUT2D eigenvalue weighted by Gasteiger charge is -2.36. The van der Waals surface area contributed by atoms with Crippen molar-refractivity contribution in [1.29, 1.82) is 0 Å². The first-order chi connectivity index (χ1) is 10.4. The monoisotopic (exact) mass is 312 g/mol. The van der Waals surface area contributed by atoms with E-state index in [-0.39, 0.29) is 12.1 Å². The quantitative estimate of drug-likeness (QED) is 0.553. The number of hydrogen-bond donors (Lipinski definition) is 1. The van der Waals surface area contributed by atoms with Gasteiger partial charge in [0.15, 0.2) is 0 Å². The molecular formula is C17H32N2O3. The van der Waals surface area contributed by atoms with Gasteiger partial charge in [0.2, 0.25) is 0 Å². The lowest BCUT2D eigenvalue weighted by molar-refractivity contribution is 0.00978. The lowest BCUT2D eigenvalue weighted by atomic mass is 10.0. The van der Waals surface area contributed by atoms with E-state index in [2.05, 4.69) is 11.9 Å². The van der Waals surface area contributed by atoms with Gasteiger partial charge in [0.25, 0.3) is 0 Å². The van der Waals surface area contributed by atoms with Crippen LogP contribution in [-0.2, 0) is 9.47 Å². The Morgan fingerprint density at radius 2 is 2.14 bits per heavy atom. The molecule has 5 nitrogen and oxygen atoms in total. The number of rotatable bonds is 8. The number of carbonyl (C=O) groups is 1. The third-order valence-electron chi connectivity index (χ3n) is 3.52. The van der Waals surface area contributed by atoms with Crippen molar-refractivity contribution in [1.82, 2.24) is 10.2 Å². The zero-order valence-electron chi connectivity index (χ0n) is 14.4. The summed E-state index contributed by atoms with van der Waals surface area (Å²) in [7, 11) is 0. The van der Waals surface area contributed by atoms with Crippen molar-refractivity contribution in [2.75, 3.05) is 32.8 Å². The summed E-state index contributed by atoms with van der Waals surface area (Å²) in [5, 5.41) is 3.38. The molecule has 0 saturated carbocycles. The number of hydrogen-bond acceptors (Lipinski definition) is 4. The molecule has 1 fully saturated rings. The van der Waals surface area contributed by atoms with E-state index in [1.807, 2.05) is 31.7 Å². The van der Waals surface area contributed by atoms with Crippen molar-refractivity contribution < 1.29 is 14.3 Å². The predicted octanol–water partition coefficient (Wildman–Crippen LogP) is 2.96. The minimum absolute atomic E-state index is 0.193. The Labute approximate surface area is 135 Å². The summed E-state index contributed by atoms with van der Waals surface area (Å²) in [5.74, 6) is 0. The topological polar surface area (TPSA) is 50.8 Å². The molecule has 0 aromatic rings. The molecule has 0 bridgehead atoms. The van der Waals surface area contributed by atoms with Gasteiger partial charge in [-0.25, -0.2) is 4.79 Å². The average molecular weight is 312 g/mol. The molecule has 22 heavy (non-hydrogen) atoms. The van der Waals surface area contributed by atoms with Crippen molar-refractivity contribution in [3.63, 3.8) is 0 Å². The van der Waals surface area contributed by atoms with E-state index in [4.69, 9.17) is 9.47 Å². The van der Waals surface area contributed by atoms with Crippen molar-refractivity contribution in [3.8, 4) is 0 Å². The first-order valence-electron chi connectivity index (χ1n) is 8.33. The number of amides is 1. The molecule has 1 rings (SSSR count). The van der Waals surface area contributed by atoms with E-state index in [0.717, 1.165) is 45.5 Å². The van der Waals surface area contributed by atoms with Gasteiger partial charge in [-0.15, -0.1) is 6.58 Å². The number of ether oxygens (including phenoxy) is 2. The second-order valence-corrected chi connectivity index (χ2v) is 6.72. The zero-order chi connectivity index (χ0) is 16.4. The Morgan fingerprint density at radius 3 is 2.82 bits per heavy atom. The number of piperidine rings is 1. The molecule has 0 aliphatic carbocycles. The number of likely N-dealkylation sites (tertiary alicyclic amines) is 1. The van der Waals surface area contributed by atoms with Crippen LogP contribution in [0.4, 0.5) is 4.79 Å². The molecular weight excluding hydrogens is 280 g/mol. The van der Waals surface area contributed by atoms with Crippen LogP contribution >= 0.6 is 0 Å². The smallest absolute Gasteiger partial charge is 0.410 e. The molecule has 1 heterocycles. The second kappa shape index (κ2) is 9.85. The minimum atomic E-state index is -0.439. The molecule has 1 N–H and O–H groups in total. The Morgan fingerprint density at radius 1 is 1.36 bits per heavy atom. The molecule has 0 radical (unpaired) electrons. The fraction of sp³-hybridized carbons (Fsp3) is 0.824. The Bertz CT molecular complexity index is 339. The molecule has 0 aromatic carbocycles. The van der Waals surface area contributed by atoms with E-state index in [9.17, 15) is 4.79 Å². The van der Waals surface area contributed by atoms with E-state index in [1.54, 1.807) is 0 Å². The van der Waals surface area contributed by atoms with Crippen LogP contribution in [0.3, 0.4) is 0 Å². The van der Waals surface area contributed by atoms with Gasteiger partial charge in [-0.3, -0.25) is 0 Å². The summed E-state index contributed by atoms with van der Waals surface area (Å²) >= 11 is 0. The Hall–Kier alpha value is -1.07. The van der Waals surface area contributed by atoms with Crippen molar-refractivity contribution in [3.05, 3.63) is 12.7 Å². The first-order valence-corrected chi connectivity index (χ1v) is 8.33. The third kappa shape index (κ3) is 7.80. The van der Waals surface area contributed by atoms with E-state index in [0.29, 0.717) is 6.61 Å². The molecule has 1 unspecified atom stereocenters. The maximum atomic E-state index is 12.3. The Balaban J connectivity index is 2.29. The van der Waals surface area contributed by atoms with Gasteiger partial charge in [-0.1, -0.05) is 6.08 Å². The molecule has 5 heteroatoms. The second-order valence-electron chi connectivity index (χ2n) is 6.72. The molecule has 0 aromatic heterocycles. The van der Waals surface area contributed by atoms with Gasteiger partial charge in [0, 0.05) is 25.7 Å². The van der Waals surface area contributed by atoms with Gasteiger partial charge in [-0.05, 0) is 46.5 Å². The van der Waals surface area contributed by atoms with Gasteiger partial charge >= 0.3 is 6.09 Å². The average Bonchev–Trinajstić information content (AvgIpc) is 2.45. The van der Waals surface area contributed by atoms with Crippen LogP contribution in [0.25, 0.3) is 0 Å². The van der Waals surface area contributed by atoms with Gasteiger partial charge in [0.1, 0.15) is 5.60 Å². The lowest BCUT2D eigenvalue weighted by Crippen LogP contribution is -2.50. The zero-order valence-corrected chi connectivity index (χ0v) is 14.4. The summed E-state index contributed by atoms with van der Waals surface area (Å²) in [6.07, 6.45) is 5.80. The highest BCUT2D eigenvalue weighted by molar-refractivity contribution is 5.68. The van der Waals surface area contributed by atoms with Crippen LogP contribution in [0.2, 0.25) is 0 Å². The van der Waals surface area contributed by atoms with Crippen LogP contribution in [0, 0.1) is 0 Å². The standard InChI is InChI=1S/C17H32N2O3/c1-5-6-12-21-13-10-18-14-15-9-7-8-11-19(15)16(20)22-17(2,3)4/h5,15,18H,1,6-14H2,2-4H3. The molecule has 0 spiro atoms.